The van der Waals surface area contributed by atoms with Gasteiger partial charge in [0.2, 0.25) is 0 Å². The Morgan fingerprint density at radius 1 is 1.14 bits per heavy atom. The Morgan fingerprint density at radius 2 is 1.79 bits per heavy atom. The van der Waals surface area contributed by atoms with E-state index in [-0.39, 0.29) is 6.29 Å². The fraction of sp³-hybridized carbons (Fsp3) is 0.333. The summed E-state index contributed by atoms with van der Waals surface area (Å²) < 4.78 is 11.1. The highest BCUT2D eigenvalue weighted by atomic mass is 16.7. The molecule has 0 saturated carbocycles. The molecule has 1 saturated heterocycles. The van der Waals surface area contributed by atoms with Crippen molar-refractivity contribution in [3.63, 3.8) is 0 Å². The van der Waals surface area contributed by atoms with Gasteiger partial charge >= 0.3 is 0 Å². The first-order valence-corrected chi connectivity index (χ1v) is 4.81. The standard InChI is InChI=1S/C12H14O2/c1-2-10-8-13-12(14-9-10)11-6-4-3-5-7-11/h2-7,10,12H,1,8-9H2. The molecule has 0 unspecified atom stereocenters. The largest absolute Gasteiger partial charge is 0.348 e. The van der Waals surface area contributed by atoms with Gasteiger partial charge in [-0.2, -0.15) is 0 Å². The van der Waals surface area contributed by atoms with Crippen molar-refractivity contribution in [3.8, 4) is 0 Å². The third-order valence-corrected chi connectivity index (χ3v) is 2.33. The van der Waals surface area contributed by atoms with Gasteiger partial charge in [0.15, 0.2) is 6.29 Å². The van der Waals surface area contributed by atoms with Gasteiger partial charge in [0.1, 0.15) is 0 Å². The second-order valence-corrected chi connectivity index (χ2v) is 3.41. The molecule has 0 amide bonds. The van der Waals surface area contributed by atoms with Crippen molar-refractivity contribution in [2.24, 2.45) is 5.92 Å². The third-order valence-electron chi connectivity index (χ3n) is 2.33. The molecule has 0 N–H and O–H groups in total. The van der Waals surface area contributed by atoms with Gasteiger partial charge in [0.05, 0.1) is 13.2 Å². The SMILES string of the molecule is C=CC1COC(c2ccccc2)OC1. The molecule has 1 aromatic rings. The highest BCUT2D eigenvalue weighted by Gasteiger charge is 2.20. The Hall–Kier alpha value is -1.12. The summed E-state index contributed by atoms with van der Waals surface area (Å²) in [7, 11) is 0. The second kappa shape index (κ2) is 4.40. The van der Waals surface area contributed by atoms with E-state index in [1.54, 1.807) is 0 Å². The van der Waals surface area contributed by atoms with Crippen molar-refractivity contribution in [2.75, 3.05) is 13.2 Å². The van der Waals surface area contributed by atoms with Crippen molar-refractivity contribution >= 4 is 0 Å². The number of rotatable bonds is 2. The lowest BCUT2D eigenvalue weighted by Gasteiger charge is -2.27. The van der Waals surface area contributed by atoms with Crippen molar-refractivity contribution in [1.82, 2.24) is 0 Å². The van der Waals surface area contributed by atoms with E-state index in [2.05, 4.69) is 6.58 Å². The van der Waals surface area contributed by atoms with Crippen LogP contribution in [0.3, 0.4) is 0 Å². The summed E-state index contributed by atoms with van der Waals surface area (Å²) in [5, 5.41) is 0. The molecule has 1 aliphatic rings. The summed E-state index contributed by atoms with van der Waals surface area (Å²) in [5.41, 5.74) is 1.08. The quantitative estimate of drug-likeness (QED) is 0.667. The van der Waals surface area contributed by atoms with Crippen molar-refractivity contribution in [3.05, 3.63) is 48.6 Å². The molecular formula is C12H14O2. The fourth-order valence-electron chi connectivity index (χ4n) is 1.46. The summed E-state index contributed by atoms with van der Waals surface area (Å²) in [6.45, 7) is 5.12. The lowest BCUT2D eigenvalue weighted by molar-refractivity contribution is -0.197. The van der Waals surface area contributed by atoms with Crippen LogP contribution in [0.2, 0.25) is 0 Å². The first kappa shape index (κ1) is 9.44. The molecule has 0 bridgehead atoms. The van der Waals surface area contributed by atoms with Crippen LogP contribution in [0.5, 0.6) is 0 Å². The monoisotopic (exact) mass is 190 g/mol. The van der Waals surface area contributed by atoms with Crippen LogP contribution in [0.4, 0.5) is 0 Å². The second-order valence-electron chi connectivity index (χ2n) is 3.41. The zero-order chi connectivity index (χ0) is 9.80. The van der Waals surface area contributed by atoms with E-state index in [4.69, 9.17) is 9.47 Å². The average Bonchev–Trinajstić information content (AvgIpc) is 2.30. The molecule has 2 nitrogen and oxygen atoms in total. The van der Waals surface area contributed by atoms with Gasteiger partial charge in [0, 0.05) is 11.5 Å². The van der Waals surface area contributed by atoms with E-state index in [1.165, 1.54) is 0 Å². The van der Waals surface area contributed by atoms with Gasteiger partial charge in [-0.1, -0.05) is 36.4 Å². The molecule has 1 aromatic carbocycles. The van der Waals surface area contributed by atoms with Gasteiger partial charge in [-0.3, -0.25) is 0 Å². The first-order valence-electron chi connectivity index (χ1n) is 4.81. The van der Waals surface area contributed by atoms with E-state index in [0.29, 0.717) is 19.1 Å². The van der Waals surface area contributed by atoms with Crippen LogP contribution in [0.25, 0.3) is 0 Å². The molecule has 2 rings (SSSR count). The summed E-state index contributed by atoms with van der Waals surface area (Å²) in [5.74, 6) is 0.329. The highest BCUT2D eigenvalue weighted by molar-refractivity contribution is 5.16. The molecule has 0 atom stereocenters. The average molecular weight is 190 g/mol. The first-order chi connectivity index (χ1) is 6.90. The minimum Gasteiger partial charge on any atom is -0.348 e. The van der Waals surface area contributed by atoms with E-state index < -0.39 is 0 Å². The lowest BCUT2D eigenvalue weighted by Crippen LogP contribution is -2.25. The topological polar surface area (TPSA) is 18.5 Å². The molecule has 14 heavy (non-hydrogen) atoms. The Balaban J connectivity index is 1.99. The van der Waals surface area contributed by atoms with Crippen LogP contribution in [0, 0.1) is 5.92 Å². The number of ether oxygens (including phenoxy) is 2. The maximum atomic E-state index is 5.57. The summed E-state index contributed by atoms with van der Waals surface area (Å²) in [4.78, 5) is 0. The van der Waals surface area contributed by atoms with Crippen LogP contribution >= 0.6 is 0 Å². The Morgan fingerprint density at radius 3 is 2.36 bits per heavy atom. The smallest absolute Gasteiger partial charge is 0.183 e. The number of benzene rings is 1. The Kier molecular flexibility index (Phi) is 2.96. The van der Waals surface area contributed by atoms with Crippen molar-refractivity contribution < 1.29 is 9.47 Å². The Labute approximate surface area is 84.2 Å². The minimum atomic E-state index is -0.201. The minimum absolute atomic E-state index is 0.201. The molecule has 1 heterocycles. The Bertz CT molecular complexity index is 286. The molecule has 0 aromatic heterocycles. The number of hydrogen-bond acceptors (Lipinski definition) is 2. The molecule has 0 aliphatic carbocycles. The maximum Gasteiger partial charge on any atom is 0.183 e. The fourth-order valence-corrected chi connectivity index (χ4v) is 1.46. The van der Waals surface area contributed by atoms with Crippen molar-refractivity contribution in [1.29, 1.82) is 0 Å². The number of hydrogen-bond donors (Lipinski definition) is 0. The van der Waals surface area contributed by atoms with Gasteiger partial charge < -0.3 is 9.47 Å². The maximum absolute atomic E-state index is 5.57. The van der Waals surface area contributed by atoms with E-state index >= 15 is 0 Å². The van der Waals surface area contributed by atoms with Gasteiger partial charge in [-0.15, -0.1) is 6.58 Å². The molecule has 0 radical (unpaired) electrons. The van der Waals surface area contributed by atoms with E-state index in [0.717, 1.165) is 5.56 Å². The third kappa shape index (κ3) is 2.03. The van der Waals surface area contributed by atoms with Gasteiger partial charge in [0.25, 0.3) is 0 Å². The molecule has 1 fully saturated rings. The molecule has 0 spiro atoms. The summed E-state index contributed by atoms with van der Waals surface area (Å²) in [6, 6.07) is 9.99. The predicted octanol–water partition coefficient (Wildman–Crippen LogP) is 2.53. The van der Waals surface area contributed by atoms with Crippen LogP contribution in [-0.2, 0) is 9.47 Å². The van der Waals surface area contributed by atoms with Crippen LogP contribution in [0.15, 0.2) is 43.0 Å². The zero-order valence-corrected chi connectivity index (χ0v) is 8.06. The molecule has 74 valence electrons. The normalized spacial score (nSPS) is 27.1. The highest BCUT2D eigenvalue weighted by Crippen LogP contribution is 2.24. The molecule has 1 aliphatic heterocycles. The van der Waals surface area contributed by atoms with Crippen LogP contribution < -0.4 is 0 Å². The van der Waals surface area contributed by atoms with Gasteiger partial charge in [-0.25, -0.2) is 0 Å². The van der Waals surface area contributed by atoms with Crippen LogP contribution in [0.1, 0.15) is 11.9 Å². The predicted molar refractivity (Wildman–Crippen MR) is 54.8 cm³/mol. The summed E-state index contributed by atoms with van der Waals surface area (Å²) >= 11 is 0. The van der Waals surface area contributed by atoms with Crippen LogP contribution in [-0.4, -0.2) is 13.2 Å². The zero-order valence-electron chi connectivity index (χ0n) is 8.06. The lowest BCUT2D eigenvalue weighted by atomic mass is 10.1. The van der Waals surface area contributed by atoms with Gasteiger partial charge in [-0.05, 0) is 0 Å². The van der Waals surface area contributed by atoms with Crippen molar-refractivity contribution in [2.45, 2.75) is 6.29 Å². The molecule has 2 heteroatoms. The molecular weight excluding hydrogens is 176 g/mol. The van der Waals surface area contributed by atoms with E-state index in [9.17, 15) is 0 Å². The summed E-state index contributed by atoms with van der Waals surface area (Å²) in [6.07, 6.45) is 1.67. The van der Waals surface area contributed by atoms with E-state index in [1.807, 2.05) is 36.4 Å².